The van der Waals surface area contributed by atoms with Gasteiger partial charge in [0.05, 0.1) is 22.0 Å². The summed E-state index contributed by atoms with van der Waals surface area (Å²) in [7, 11) is 0. The average Bonchev–Trinajstić information content (AvgIpc) is 2.71. The second-order valence-electron chi connectivity index (χ2n) is 4.46. The molecule has 0 amide bonds. The minimum atomic E-state index is -4.42. The van der Waals surface area contributed by atoms with Gasteiger partial charge in [-0.05, 0) is 25.1 Å². The minimum Gasteiger partial charge on any atom is -0.324 e. The van der Waals surface area contributed by atoms with Crippen LogP contribution in [0.2, 0.25) is 5.02 Å². The van der Waals surface area contributed by atoms with Crippen molar-refractivity contribution in [2.24, 2.45) is 0 Å². The number of nitrogens with one attached hydrogen (secondary N) is 1. The van der Waals surface area contributed by atoms with Gasteiger partial charge in [0.25, 0.3) is 0 Å². The molecule has 0 saturated carbocycles. The molecule has 7 heteroatoms. The molecule has 2 aromatic rings. The van der Waals surface area contributed by atoms with Crippen LogP contribution < -0.4 is 5.32 Å². The van der Waals surface area contributed by atoms with Crippen LogP contribution in [-0.2, 0) is 12.7 Å². The zero-order valence-corrected chi connectivity index (χ0v) is 12.0. The third-order valence-corrected chi connectivity index (χ3v) is 3.09. The van der Waals surface area contributed by atoms with Crippen molar-refractivity contribution < 1.29 is 13.2 Å². The number of aromatic nitrogens is 2. The molecule has 21 heavy (non-hydrogen) atoms. The number of allylic oxidation sites excluding steroid dienone is 1. The Morgan fingerprint density at radius 1 is 1.43 bits per heavy atom. The molecule has 0 spiro atoms. The lowest BCUT2D eigenvalue weighted by molar-refractivity contribution is -0.137. The molecule has 0 unspecified atom stereocenters. The Balaban J connectivity index is 2.37. The number of hydrogen-bond donors (Lipinski definition) is 1. The molecule has 0 aliphatic heterocycles. The lowest BCUT2D eigenvalue weighted by Crippen LogP contribution is -2.07. The van der Waals surface area contributed by atoms with E-state index in [1.807, 2.05) is 0 Å². The maximum atomic E-state index is 12.7. The van der Waals surface area contributed by atoms with Crippen LogP contribution in [0.3, 0.4) is 0 Å². The van der Waals surface area contributed by atoms with Gasteiger partial charge in [-0.25, -0.2) is 4.98 Å². The maximum Gasteiger partial charge on any atom is 0.416 e. The van der Waals surface area contributed by atoms with E-state index < -0.39 is 11.7 Å². The van der Waals surface area contributed by atoms with Gasteiger partial charge in [-0.1, -0.05) is 17.7 Å². The standard InChI is InChI=1S/C14H13ClF3N3/c1-3-6-21-8-9(2)19-13(21)20-12-7-10(14(16,17)18)4-5-11(12)15/h3-5,7-8H,1,6H2,2H3,(H,19,20). The molecular weight excluding hydrogens is 303 g/mol. The van der Waals surface area contributed by atoms with E-state index in [4.69, 9.17) is 11.6 Å². The fraction of sp³-hybridized carbons (Fsp3) is 0.214. The Morgan fingerprint density at radius 3 is 2.76 bits per heavy atom. The monoisotopic (exact) mass is 315 g/mol. The van der Waals surface area contributed by atoms with Crippen molar-refractivity contribution in [1.82, 2.24) is 9.55 Å². The molecular formula is C14H13ClF3N3. The number of anilines is 2. The first kappa shape index (κ1) is 15.4. The summed E-state index contributed by atoms with van der Waals surface area (Å²) in [6.07, 6.45) is -0.987. The van der Waals surface area contributed by atoms with E-state index in [-0.39, 0.29) is 10.7 Å². The van der Waals surface area contributed by atoms with Crippen molar-refractivity contribution in [1.29, 1.82) is 0 Å². The van der Waals surface area contributed by atoms with Crippen LogP contribution in [0.5, 0.6) is 0 Å². The van der Waals surface area contributed by atoms with Gasteiger partial charge in [-0.15, -0.1) is 6.58 Å². The number of alkyl halides is 3. The molecule has 1 aromatic heterocycles. The highest BCUT2D eigenvalue weighted by molar-refractivity contribution is 6.33. The first-order valence-electron chi connectivity index (χ1n) is 6.09. The van der Waals surface area contributed by atoms with E-state index in [1.54, 1.807) is 23.8 Å². The molecule has 0 bridgehead atoms. The van der Waals surface area contributed by atoms with Crippen molar-refractivity contribution in [2.75, 3.05) is 5.32 Å². The summed E-state index contributed by atoms with van der Waals surface area (Å²) in [5, 5.41) is 3.02. The maximum absolute atomic E-state index is 12.7. The number of benzene rings is 1. The average molecular weight is 316 g/mol. The minimum absolute atomic E-state index is 0.155. The summed E-state index contributed by atoms with van der Waals surface area (Å²) in [6, 6.07) is 3.11. The van der Waals surface area contributed by atoms with Crippen LogP contribution >= 0.6 is 11.6 Å². The number of aryl methyl sites for hydroxylation is 1. The molecule has 0 aliphatic rings. The van der Waals surface area contributed by atoms with Gasteiger partial charge in [-0.3, -0.25) is 0 Å². The number of nitrogens with zero attached hydrogens (tertiary/aromatic N) is 2. The second kappa shape index (κ2) is 5.81. The number of halogens is 4. The Labute approximate surface area is 125 Å². The number of hydrogen-bond acceptors (Lipinski definition) is 2. The Bertz CT molecular complexity index is 662. The number of rotatable bonds is 4. The van der Waals surface area contributed by atoms with Crippen LogP contribution in [0.15, 0.2) is 37.1 Å². The predicted molar refractivity (Wildman–Crippen MR) is 76.9 cm³/mol. The molecule has 1 heterocycles. The molecule has 0 radical (unpaired) electrons. The zero-order valence-electron chi connectivity index (χ0n) is 11.2. The summed E-state index contributed by atoms with van der Waals surface area (Å²) in [5.41, 5.74) is 0.123. The van der Waals surface area contributed by atoms with Crippen molar-refractivity contribution in [3.63, 3.8) is 0 Å². The molecule has 0 atom stereocenters. The van der Waals surface area contributed by atoms with E-state index >= 15 is 0 Å². The molecule has 112 valence electrons. The summed E-state index contributed by atoms with van der Waals surface area (Å²) < 4.78 is 39.9. The summed E-state index contributed by atoms with van der Waals surface area (Å²) in [5.74, 6) is 0.411. The van der Waals surface area contributed by atoms with E-state index in [1.165, 1.54) is 6.07 Å². The zero-order chi connectivity index (χ0) is 15.6. The van der Waals surface area contributed by atoms with Crippen LogP contribution in [0.25, 0.3) is 0 Å². The van der Waals surface area contributed by atoms with Crippen LogP contribution in [0.4, 0.5) is 24.8 Å². The Kier molecular flexibility index (Phi) is 4.27. The SMILES string of the molecule is C=CCn1cc(C)nc1Nc1cc(C(F)(F)F)ccc1Cl. The van der Waals surface area contributed by atoms with E-state index in [0.29, 0.717) is 12.5 Å². The highest BCUT2D eigenvalue weighted by Gasteiger charge is 2.31. The molecule has 0 saturated heterocycles. The van der Waals surface area contributed by atoms with Crippen molar-refractivity contribution in [3.8, 4) is 0 Å². The van der Waals surface area contributed by atoms with E-state index in [0.717, 1.165) is 17.8 Å². The quantitative estimate of drug-likeness (QED) is 0.822. The van der Waals surface area contributed by atoms with Crippen LogP contribution in [-0.4, -0.2) is 9.55 Å². The van der Waals surface area contributed by atoms with E-state index in [9.17, 15) is 13.2 Å². The van der Waals surface area contributed by atoms with Crippen LogP contribution in [0, 0.1) is 6.92 Å². The van der Waals surface area contributed by atoms with Crippen molar-refractivity contribution in [2.45, 2.75) is 19.6 Å². The van der Waals surface area contributed by atoms with Gasteiger partial charge in [0.15, 0.2) is 0 Å². The van der Waals surface area contributed by atoms with Gasteiger partial charge < -0.3 is 9.88 Å². The fourth-order valence-corrected chi connectivity index (χ4v) is 2.01. The third-order valence-electron chi connectivity index (χ3n) is 2.76. The predicted octanol–water partition coefficient (Wildman–Crippen LogP) is 4.79. The third kappa shape index (κ3) is 3.58. The van der Waals surface area contributed by atoms with Gasteiger partial charge in [0.2, 0.25) is 5.95 Å². The van der Waals surface area contributed by atoms with Gasteiger partial charge in [0.1, 0.15) is 0 Å². The largest absolute Gasteiger partial charge is 0.416 e. The van der Waals surface area contributed by atoms with Crippen molar-refractivity contribution >= 4 is 23.2 Å². The van der Waals surface area contributed by atoms with Gasteiger partial charge >= 0.3 is 6.18 Å². The molecule has 1 aromatic carbocycles. The first-order valence-corrected chi connectivity index (χ1v) is 6.47. The lowest BCUT2D eigenvalue weighted by Gasteiger charge is -2.12. The van der Waals surface area contributed by atoms with E-state index in [2.05, 4.69) is 16.9 Å². The number of imidazole rings is 1. The molecule has 2 rings (SSSR count). The Hall–Kier alpha value is -1.95. The normalized spacial score (nSPS) is 11.5. The topological polar surface area (TPSA) is 29.9 Å². The molecule has 1 N–H and O–H groups in total. The summed E-state index contributed by atoms with van der Waals surface area (Å²) >= 11 is 5.95. The second-order valence-corrected chi connectivity index (χ2v) is 4.87. The Morgan fingerprint density at radius 2 is 2.14 bits per heavy atom. The van der Waals surface area contributed by atoms with Gasteiger partial charge in [-0.2, -0.15) is 13.2 Å². The van der Waals surface area contributed by atoms with Gasteiger partial charge in [0, 0.05) is 12.7 Å². The summed E-state index contributed by atoms with van der Waals surface area (Å²) in [4.78, 5) is 4.22. The first-order chi connectivity index (χ1) is 9.81. The highest BCUT2D eigenvalue weighted by atomic mass is 35.5. The highest BCUT2D eigenvalue weighted by Crippen LogP contribution is 2.34. The fourth-order valence-electron chi connectivity index (χ4n) is 1.84. The molecule has 0 fully saturated rings. The van der Waals surface area contributed by atoms with Crippen molar-refractivity contribution in [3.05, 3.63) is 53.3 Å². The molecule has 0 aliphatic carbocycles. The van der Waals surface area contributed by atoms with Crippen LogP contribution in [0.1, 0.15) is 11.3 Å². The smallest absolute Gasteiger partial charge is 0.324 e. The lowest BCUT2D eigenvalue weighted by atomic mass is 10.2. The summed E-state index contributed by atoms with van der Waals surface area (Å²) in [6.45, 7) is 5.90. The molecule has 3 nitrogen and oxygen atoms in total.